The fourth-order valence-corrected chi connectivity index (χ4v) is 3.51. The Bertz CT molecular complexity index is 464. The van der Waals surface area contributed by atoms with Crippen LogP contribution in [0.2, 0.25) is 0 Å². The van der Waals surface area contributed by atoms with Crippen molar-refractivity contribution in [3.63, 3.8) is 0 Å². The molecule has 7 heteroatoms. The van der Waals surface area contributed by atoms with Crippen LogP contribution in [0.5, 0.6) is 0 Å². The van der Waals surface area contributed by atoms with Crippen molar-refractivity contribution in [2.24, 2.45) is 0 Å². The molecular weight excluding hydrogens is 318 g/mol. The van der Waals surface area contributed by atoms with Crippen molar-refractivity contribution in [2.75, 3.05) is 17.6 Å². The van der Waals surface area contributed by atoms with Crippen LogP contribution >= 0.6 is 27.7 Å². The van der Waals surface area contributed by atoms with Crippen LogP contribution in [-0.2, 0) is 0 Å². The van der Waals surface area contributed by atoms with Crippen LogP contribution in [-0.4, -0.2) is 27.0 Å². The zero-order valence-electron chi connectivity index (χ0n) is 9.98. The normalized spacial score (nSPS) is 23.0. The van der Waals surface area contributed by atoms with Crippen molar-refractivity contribution >= 4 is 39.2 Å². The summed E-state index contributed by atoms with van der Waals surface area (Å²) in [7, 11) is 0. The summed E-state index contributed by atoms with van der Waals surface area (Å²) in [5.74, 6) is 1.51. The van der Waals surface area contributed by atoms with E-state index in [0.29, 0.717) is 16.8 Å². The Morgan fingerprint density at radius 3 is 3.11 bits per heavy atom. The molecule has 1 fully saturated rings. The van der Waals surface area contributed by atoms with E-state index in [2.05, 4.69) is 33.2 Å². The minimum atomic E-state index is -0.412. The van der Waals surface area contributed by atoms with Gasteiger partial charge in [-0.05, 0) is 41.4 Å². The fraction of sp³-hybridized carbons (Fsp3) is 0.545. The number of hydrogen-bond acceptors (Lipinski definition) is 5. The van der Waals surface area contributed by atoms with Gasteiger partial charge in [0, 0.05) is 28.0 Å². The van der Waals surface area contributed by atoms with Crippen LogP contribution in [0.4, 0.5) is 11.5 Å². The van der Waals surface area contributed by atoms with E-state index in [1.807, 2.05) is 11.8 Å². The number of anilines is 1. The first-order chi connectivity index (χ1) is 8.50. The number of halogens is 1. The Morgan fingerprint density at radius 2 is 2.50 bits per heavy atom. The summed E-state index contributed by atoms with van der Waals surface area (Å²) in [6.07, 6.45) is 3.91. The lowest BCUT2D eigenvalue weighted by atomic mass is 10.1. The van der Waals surface area contributed by atoms with Gasteiger partial charge in [0.2, 0.25) is 5.82 Å². The fourth-order valence-electron chi connectivity index (χ4n) is 1.95. The second-order valence-corrected chi connectivity index (χ2v) is 7.13. The number of aromatic nitrogens is 1. The first-order valence-corrected chi connectivity index (χ1v) is 7.46. The van der Waals surface area contributed by atoms with Crippen LogP contribution in [0.3, 0.4) is 0 Å². The van der Waals surface area contributed by atoms with Gasteiger partial charge in [0.15, 0.2) is 0 Å². The van der Waals surface area contributed by atoms with E-state index >= 15 is 0 Å². The lowest BCUT2D eigenvalue weighted by Crippen LogP contribution is -2.27. The molecule has 0 amide bonds. The second-order valence-electron chi connectivity index (χ2n) is 4.53. The predicted molar refractivity (Wildman–Crippen MR) is 77.2 cm³/mol. The maximum Gasteiger partial charge on any atom is 0.312 e. The zero-order chi connectivity index (χ0) is 13.2. The van der Waals surface area contributed by atoms with Gasteiger partial charge in [-0.15, -0.1) is 0 Å². The average molecular weight is 332 g/mol. The highest BCUT2D eigenvalue weighted by Gasteiger charge is 2.30. The molecule has 0 saturated carbocycles. The van der Waals surface area contributed by atoms with Crippen LogP contribution < -0.4 is 5.32 Å². The Kier molecular flexibility index (Phi) is 4.11. The molecule has 0 radical (unpaired) electrons. The number of pyridine rings is 1. The molecule has 2 rings (SSSR count). The molecule has 1 aliphatic heterocycles. The van der Waals surface area contributed by atoms with Gasteiger partial charge in [-0.25, -0.2) is 4.98 Å². The molecule has 1 unspecified atom stereocenters. The average Bonchev–Trinajstić information content (AvgIpc) is 2.75. The lowest BCUT2D eigenvalue weighted by molar-refractivity contribution is -0.384. The van der Waals surface area contributed by atoms with Crippen molar-refractivity contribution in [2.45, 2.75) is 24.5 Å². The van der Waals surface area contributed by atoms with Gasteiger partial charge in [0.05, 0.1) is 4.92 Å². The Morgan fingerprint density at radius 1 is 1.72 bits per heavy atom. The molecule has 98 valence electrons. The Hall–Kier alpha value is -0.820. The summed E-state index contributed by atoms with van der Waals surface area (Å²) in [6, 6.07) is 1.47. The lowest BCUT2D eigenvalue weighted by Gasteiger charge is -2.23. The second kappa shape index (κ2) is 5.44. The third-order valence-corrected chi connectivity index (χ3v) is 4.93. The van der Waals surface area contributed by atoms with E-state index in [1.165, 1.54) is 12.5 Å². The maximum absolute atomic E-state index is 10.9. The summed E-state index contributed by atoms with van der Waals surface area (Å²) in [4.78, 5) is 14.6. The smallest absolute Gasteiger partial charge is 0.312 e. The van der Waals surface area contributed by atoms with Crippen molar-refractivity contribution in [3.8, 4) is 0 Å². The third-order valence-electron chi connectivity index (χ3n) is 2.96. The molecule has 1 aromatic heterocycles. The summed E-state index contributed by atoms with van der Waals surface area (Å²) in [5.41, 5.74) is 0.0102. The van der Waals surface area contributed by atoms with E-state index in [1.54, 1.807) is 6.20 Å². The van der Waals surface area contributed by atoms with Crippen LogP contribution in [0, 0.1) is 10.1 Å². The number of hydrogen-bond donors (Lipinski definition) is 1. The molecule has 1 N–H and O–H groups in total. The SMILES string of the molecule is CC1(CNc2ncc(Br)cc2[N+](=O)[O-])CCCS1. The highest BCUT2D eigenvalue weighted by molar-refractivity contribution is 9.10. The molecule has 2 heterocycles. The van der Waals surface area contributed by atoms with Crippen molar-refractivity contribution in [1.29, 1.82) is 0 Å². The van der Waals surface area contributed by atoms with E-state index < -0.39 is 4.92 Å². The van der Waals surface area contributed by atoms with E-state index in [4.69, 9.17) is 0 Å². The third kappa shape index (κ3) is 3.14. The molecule has 1 saturated heterocycles. The maximum atomic E-state index is 10.9. The summed E-state index contributed by atoms with van der Waals surface area (Å²) in [5, 5.41) is 14.1. The van der Waals surface area contributed by atoms with Crippen LogP contribution in [0.1, 0.15) is 19.8 Å². The summed E-state index contributed by atoms with van der Waals surface area (Å²) in [6.45, 7) is 2.88. The molecule has 1 aliphatic rings. The first kappa shape index (κ1) is 13.6. The van der Waals surface area contributed by atoms with Gasteiger partial charge >= 0.3 is 5.69 Å². The molecule has 5 nitrogen and oxygen atoms in total. The highest BCUT2D eigenvalue weighted by Crippen LogP contribution is 2.38. The standard InChI is InChI=1S/C11H14BrN3O2S/c1-11(3-2-4-18-11)7-14-10-9(15(16)17)5-8(12)6-13-10/h5-6H,2-4,7H2,1H3,(H,13,14). The molecule has 18 heavy (non-hydrogen) atoms. The first-order valence-electron chi connectivity index (χ1n) is 5.68. The van der Waals surface area contributed by atoms with E-state index in [0.717, 1.165) is 12.2 Å². The van der Waals surface area contributed by atoms with Crippen molar-refractivity contribution in [3.05, 3.63) is 26.9 Å². The summed E-state index contributed by atoms with van der Waals surface area (Å²) >= 11 is 5.11. The minimum absolute atomic E-state index is 0.0102. The van der Waals surface area contributed by atoms with Gasteiger partial charge in [0.1, 0.15) is 0 Å². The number of rotatable bonds is 4. The number of thioether (sulfide) groups is 1. The Labute approximate surface area is 118 Å². The molecule has 0 spiro atoms. The van der Waals surface area contributed by atoms with Crippen LogP contribution in [0.15, 0.2) is 16.7 Å². The number of nitrogens with one attached hydrogen (secondary N) is 1. The highest BCUT2D eigenvalue weighted by atomic mass is 79.9. The minimum Gasteiger partial charge on any atom is -0.363 e. The molecule has 0 aromatic carbocycles. The van der Waals surface area contributed by atoms with Crippen molar-refractivity contribution < 1.29 is 4.92 Å². The van der Waals surface area contributed by atoms with Gasteiger partial charge in [-0.2, -0.15) is 11.8 Å². The predicted octanol–water partition coefficient (Wildman–Crippen LogP) is 3.45. The van der Waals surface area contributed by atoms with E-state index in [-0.39, 0.29) is 10.4 Å². The largest absolute Gasteiger partial charge is 0.363 e. The summed E-state index contributed by atoms with van der Waals surface area (Å²) < 4.78 is 0.768. The molecular formula is C11H14BrN3O2S. The van der Waals surface area contributed by atoms with Gasteiger partial charge in [-0.3, -0.25) is 10.1 Å². The number of nitrogens with zero attached hydrogens (tertiary/aromatic N) is 2. The zero-order valence-corrected chi connectivity index (χ0v) is 12.4. The quantitative estimate of drug-likeness (QED) is 0.676. The van der Waals surface area contributed by atoms with Gasteiger partial charge < -0.3 is 5.32 Å². The monoisotopic (exact) mass is 331 g/mol. The molecule has 1 aromatic rings. The van der Waals surface area contributed by atoms with Crippen molar-refractivity contribution in [1.82, 2.24) is 4.98 Å². The molecule has 0 aliphatic carbocycles. The van der Waals surface area contributed by atoms with Crippen LogP contribution in [0.25, 0.3) is 0 Å². The topological polar surface area (TPSA) is 68.1 Å². The molecule has 1 atom stereocenters. The van der Waals surface area contributed by atoms with Gasteiger partial charge in [-0.1, -0.05) is 0 Å². The molecule has 0 bridgehead atoms. The Balaban J connectivity index is 2.11. The van der Waals surface area contributed by atoms with Gasteiger partial charge in [0.25, 0.3) is 0 Å². The van der Waals surface area contributed by atoms with E-state index in [9.17, 15) is 10.1 Å². The number of nitro groups is 1.